The quantitative estimate of drug-likeness (QED) is 0.520. The molecule has 0 aliphatic carbocycles. The molecule has 0 aliphatic heterocycles. The molecule has 2 amide bonds. The summed E-state index contributed by atoms with van der Waals surface area (Å²) < 4.78 is 0. The molecule has 0 saturated heterocycles. The summed E-state index contributed by atoms with van der Waals surface area (Å²) in [5.41, 5.74) is 4.40. The fourth-order valence-electron chi connectivity index (χ4n) is 2.66. The SMILES string of the molecule is Cc1ccc(NC(=O)C(C)Sc2ccc(NC(=O)c3ccc(C)cc3)cc2)cc1. The Morgan fingerprint density at radius 1 is 0.724 bits per heavy atom. The van der Waals surface area contributed by atoms with Crippen molar-refractivity contribution in [3.05, 3.63) is 89.5 Å². The van der Waals surface area contributed by atoms with Crippen LogP contribution in [0.25, 0.3) is 0 Å². The first-order chi connectivity index (χ1) is 13.9. The van der Waals surface area contributed by atoms with Crippen molar-refractivity contribution >= 4 is 35.0 Å². The summed E-state index contributed by atoms with van der Waals surface area (Å²) in [7, 11) is 0. The van der Waals surface area contributed by atoms with E-state index in [0.29, 0.717) is 5.56 Å². The van der Waals surface area contributed by atoms with Crippen LogP contribution in [0.4, 0.5) is 11.4 Å². The Kier molecular flexibility index (Phi) is 6.73. The van der Waals surface area contributed by atoms with E-state index in [-0.39, 0.29) is 17.1 Å². The van der Waals surface area contributed by atoms with Gasteiger partial charge in [-0.05, 0) is 69.3 Å². The number of amides is 2. The van der Waals surface area contributed by atoms with Crippen LogP contribution < -0.4 is 10.6 Å². The first-order valence-corrected chi connectivity index (χ1v) is 10.3. The Bertz CT molecular complexity index is 981. The van der Waals surface area contributed by atoms with Gasteiger partial charge in [-0.15, -0.1) is 11.8 Å². The highest BCUT2D eigenvalue weighted by Gasteiger charge is 2.15. The maximum Gasteiger partial charge on any atom is 0.255 e. The zero-order valence-electron chi connectivity index (χ0n) is 16.7. The van der Waals surface area contributed by atoms with Crippen molar-refractivity contribution < 1.29 is 9.59 Å². The summed E-state index contributed by atoms with van der Waals surface area (Å²) in [6.07, 6.45) is 0. The van der Waals surface area contributed by atoms with Gasteiger partial charge in [0.15, 0.2) is 0 Å². The molecule has 29 heavy (non-hydrogen) atoms. The Labute approximate surface area is 175 Å². The van der Waals surface area contributed by atoms with Gasteiger partial charge in [-0.2, -0.15) is 0 Å². The van der Waals surface area contributed by atoms with Crippen molar-refractivity contribution in [2.45, 2.75) is 30.9 Å². The topological polar surface area (TPSA) is 58.2 Å². The second-order valence-corrected chi connectivity index (χ2v) is 8.37. The third-order valence-corrected chi connectivity index (χ3v) is 5.54. The first kappa shape index (κ1) is 20.7. The van der Waals surface area contributed by atoms with Crippen molar-refractivity contribution in [1.29, 1.82) is 0 Å². The molecule has 148 valence electrons. The molecule has 0 bridgehead atoms. The molecule has 4 nitrogen and oxygen atoms in total. The van der Waals surface area contributed by atoms with E-state index in [4.69, 9.17) is 0 Å². The number of thioether (sulfide) groups is 1. The molecular weight excluding hydrogens is 380 g/mol. The number of hydrogen-bond donors (Lipinski definition) is 2. The maximum absolute atomic E-state index is 12.4. The molecule has 2 N–H and O–H groups in total. The van der Waals surface area contributed by atoms with Crippen LogP contribution in [0.2, 0.25) is 0 Å². The van der Waals surface area contributed by atoms with Crippen molar-refractivity contribution in [1.82, 2.24) is 0 Å². The monoisotopic (exact) mass is 404 g/mol. The lowest BCUT2D eigenvalue weighted by Gasteiger charge is -2.13. The second kappa shape index (κ2) is 9.43. The van der Waals surface area contributed by atoms with E-state index in [0.717, 1.165) is 27.4 Å². The molecule has 3 rings (SSSR count). The van der Waals surface area contributed by atoms with Crippen molar-refractivity contribution in [2.75, 3.05) is 10.6 Å². The minimum absolute atomic E-state index is 0.0457. The lowest BCUT2D eigenvalue weighted by molar-refractivity contribution is -0.115. The summed E-state index contributed by atoms with van der Waals surface area (Å²) in [5.74, 6) is -0.188. The lowest BCUT2D eigenvalue weighted by Crippen LogP contribution is -2.22. The van der Waals surface area contributed by atoms with E-state index in [1.807, 2.05) is 93.6 Å². The van der Waals surface area contributed by atoms with Gasteiger partial charge < -0.3 is 10.6 Å². The zero-order chi connectivity index (χ0) is 20.8. The van der Waals surface area contributed by atoms with Crippen molar-refractivity contribution in [2.24, 2.45) is 0 Å². The minimum atomic E-state index is -0.246. The van der Waals surface area contributed by atoms with Crippen LogP contribution in [0, 0.1) is 13.8 Å². The number of hydrogen-bond acceptors (Lipinski definition) is 3. The molecule has 3 aromatic carbocycles. The average Bonchev–Trinajstić information content (AvgIpc) is 2.71. The van der Waals surface area contributed by atoms with Crippen LogP contribution in [0.5, 0.6) is 0 Å². The molecule has 3 aromatic rings. The molecule has 0 heterocycles. The summed E-state index contributed by atoms with van der Waals surface area (Å²) in [6.45, 7) is 5.87. The largest absolute Gasteiger partial charge is 0.325 e. The molecule has 0 saturated carbocycles. The van der Waals surface area contributed by atoms with Gasteiger partial charge >= 0.3 is 0 Å². The van der Waals surface area contributed by atoms with E-state index in [1.54, 1.807) is 0 Å². The first-order valence-electron chi connectivity index (χ1n) is 9.43. The molecular formula is C24H24N2O2S. The number of benzene rings is 3. The van der Waals surface area contributed by atoms with Gasteiger partial charge in [-0.1, -0.05) is 35.4 Å². The van der Waals surface area contributed by atoms with E-state index >= 15 is 0 Å². The summed E-state index contributed by atoms with van der Waals surface area (Å²) in [5, 5.41) is 5.58. The fourth-order valence-corrected chi connectivity index (χ4v) is 3.53. The average molecular weight is 405 g/mol. The Balaban J connectivity index is 1.55. The van der Waals surface area contributed by atoms with E-state index in [1.165, 1.54) is 11.8 Å². The second-order valence-electron chi connectivity index (χ2n) is 6.96. The number of carbonyl (C=O) groups excluding carboxylic acids is 2. The highest BCUT2D eigenvalue weighted by atomic mass is 32.2. The molecule has 0 radical (unpaired) electrons. The maximum atomic E-state index is 12.4. The fraction of sp³-hybridized carbons (Fsp3) is 0.167. The van der Waals surface area contributed by atoms with Gasteiger partial charge in [0.1, 0.15) is 0 Å². The van der Waals surface area contributed by atoms with Crippen molar-refractivity contribution in [3.8, 4) is 0 Å². The summed E-state index contributed by atoms with van der Waals surface area (Å²) in [4.78, 5) is 25.7. The number of nitrogens with one attached hydrogen (secondary N) is 2. The highest BCUT2D eigenvalue weighted by molar-refractivity contribution is 8.00. The lowest BCUT2D eigenvalue weighted by atomic mass is 10.1. The van der Waals surface area contributed by atoms with Crippen molar-refractivity contribution in [3.63, 3.8) is 0 Å². The van der Waals surface area contributed by atoms with Crippen LogP contribution in [-0.2, 0) is 4.79 Å². The normalized spacial score (nSPS) is 11.6. The third kappa shape index (κ3) is 5.96. The van der Waals surface area contributed by atoms with Gasteiger partial charge in [0.05, 0.1) is 5.25 Å². The zero-order valence-corrected chi connectivity index (χ0v) is 17.5. The standard InChI is InChI=1S/C24H24N2O2S/c1-16-4-8-19(9-5-16)24(28)26-21-12-14-22(15-13-21)29-18(3)23(27)25-20-10-6-17(2)7-11-20/h4-15,18H,1-3H3,(H,25,27)(H,26,28). The van der Waals surface area contributed by atoms with Crippen LogP contribution in [-0.4, -0.2) is 17.1 Å². The smallest absolute Gasteiger partial charge is 0.255 e. The number of rotatable bonds is 6. The Morgan fingerprint density at radius 3 is 1.79 bits per heavy atom. The molecule has 5 heteroatoms. The minimum Gasteiger partial charge on any atom is -0.325 e. The highest BCUT2D eigenvalue weighted by Crippen LogP contribution is 2.26. The Hall–Kier alpha value is -3.05. The van der Waals surface area contributed by atoms with Gasteiger partial charge in [-0.3, -0.25) is 9.59 Å². The van der Waals surface area contributed by atoms with Crippen LogP contribution in [0.15, 0.2) is 77.7 Å². The van der Waals surface area contributed by atoms with E-state index in [2.05, 4.69) is 10.6 Å². The number of anilines is 2. The summed E-state index contributed by atoms with van der Waals surface area (Å²) in [6, 6.07) is 22.7. The molecule has 0 aliphatic rings. The van der Waals surface area contributed by atoms with Gasteiger partial charge in [0.2, 0.25) is 5.91 Å². The number of carbonyl (C=O) groups is 2. The van der Waals surface area contributed by atoms with Crippen LogP contribution in [0.1, 0.15) is 28.4 Å². The molecule has 0 spiro atoms. The molecule has 0 aromatic heterocycles. The predicted octanol–water partition coefficient (Wildman–Crippen LogP) is 5.68. The third-order valence-electron chi connectivity index (χ3n) is 4.43. The predicted molar refractivity (Wildman–Crippen MR) is 121 cm³/mol. The van der Waals surface area contributed by atoms with E-state index in [9.17, 15) is 9.59 Å². The van der Waals surface area contributed by atoms with Gasteiger partial charge in [0, 0.05) is 21.8 Å². The van der Waals surface area contributed by atoms with E-state index < -0.39 is 0 Å². The summed E-state index contributed by atoms with van der Waals surface area (Å²) >= 11 is 1.47. The van der Waals surface area contributed by atoms with Gasteiger partial charge in [-0.25, -0.2) is 0 Å². The van der Waals surface area contributed by atoms with Gasteiger partial charge in [0.25, 0.3) is 5.91 Å². The molecule has 0 fully saturated rings. The molecule has 1 atom stereocenters. The van der Waals surface area contributed by atoms with Crippen LogP contribution >= 0.6 is 11.8 Å². The number of aryl methyl sites for hydroxylation is 2. The van der Waals surface area contributed by atoms with Crippen LogP contribution in [0.3, 0.4) is 0 Å². The Morgan fingerprint density at radius 2 is 1.21 bits per heavy atom. The molecule has 1 unspecified atom stereocenters.